The first-order valence-corrected chi connectivity index (χ1v) is 4.46. The average molecular weight is 201 g/mol. The van der Waals surface area contributed by atoms with Crippen LogP contribution in [0.2, 0.25) is 0 Å². The highest BCUT2D eigenvalue weighted by Crippen LogP contribution is 2.19. The fourth-order valence-corrected chi connectivity index (χ4v) is 1.32. The molecule has 80 valence electrons. The molecule has 0 unspecified atom stereocenters. The van der Waals surface area contributed by atoms with E-state index in [4.69, 9.17) is 5.73 Å². The van der Waals surface area contributed by atoms with Crippen molar-refractivity contribution in [2.75, 3.05) is 26.2 Å². The number of nitrogens with zero attached hydrogens (tertiary/aromatic N) is 1. The van der Waals surface area contributed by atoms with E-state index in [0.29, 0.717) is 6.54 Å². The Hall–Kier alpha value is -1.14. The summed E-state index contributed by atoms with van der Waals surface area (Å²) in [6.07, 6.45) is 0. The van der Waals surface area contributed by atoms with E-state index in [-0.39, 0.29) is 19.6 Å². The number of likely N-dealkylation sites (tertiary alicyclic amines) is 1. The van der Waals surface area contributed by atoms with Crippen molar-refractivity contribution in [1.82, 2.24) is 10.2 Å². The zero-order valence-electron chi connectivity index (χ0n) is 8.12. The molecule has 0 spiro atoms. The molecule has 2 amide bonds. The molecule has 0 bridgehead atoms. The summed E-state index contributed by atoms with van der Waals surface area (Å²) in [6.45, 7) is 2.63. The van der Waals surface area contributed by atoms with Crippen LogP contribution in [0.5, 0.6) is 0 Å². The van der Waals surface area contributed by atoms with Crippen LogP contribution in [-0.4, -0.2) is 53.6 Å². The number of nitrogens with two attached hydrogens (primary N) is 1. The van der Waals surface area contributed by atoms with E-state index >= 15 is 0 Å². The van der Waals surface area contributed by atoms with Gasteiger partial charge in [-0.1, -0.05) is 0 Å². The highest BCUT2D eigenvalue weighted by atomic mass is 16.3. The minimum atomic E-state index is -0.843. The lowest BCUT2D eigenvalue weighted by molar-refractivity contribution is -0.160. The molecule has 4 N–H and O–H groups in total. The fourth-order valence-electron chi connectivity index (χ4n) is 1.32. The first kappa shape index (κ1) is 10.9. The van der Waals surface area contributed by atoms with Crippen LogP contribution >= 0.6 is 0 Å². The van der Waals surface area contributed by atoms with Crippen LogP contribution in [0.15, 0.2) is 0 Å². The molecule has 0 aromatic heterocycles. The molecule has 1 aliphatic rings. The number of β-amino-alcohol motifs (C(OH)–C–C–N with tert-alkyl or cyclic N) is 1. The Bertz CT molecular complexity index is 244. The van der Waals surface area contributed by atoms with Gasteiger partial charge in [0.2, 0.25) is 0 Å². The Morgan fingerprint density at radius 3 is 2.57 bits per heavy atom. The van der Waals surface area contributed by atoms with Gasteiger partial charge in [0.15, 0.2) is 0 Å². The van der Waals surface area contributed by atoms with Gasteiger partial charge in [0.25, 0.3) is 0 Å². The SMILES string of the molecule is CC1(O)CN(C(=O)C(=O)NCCN)C1. The molecule has 0 aromatic carbocycles. The van der Waals surface area contributed by atoms with Gasteiger partial charge < -0.3 is 21.1 Å². The fraction of sp³-hybridized carbons (Fsp3) is 0.750. The van der Waals surface area contributed by atoms with E-state index in [1.165, 1.54) is 4.90 Å². The van der Waals surface area contributed by atoms with Gasteiger partial charge in [-0.15, -0.1) is 0 Å². The summed E-state index contributed by atoms with van der Waals surface area (Å²) in [5, 5.41) is 11.7. The zero-order valence-corrected chi connectivity index (χ0v) is 8.12. The Balaban J connectivity index is 2.33. The number of aliphatic hydroxyl groups is 1. The molecule has 1 rings (SSSR count). The summed E-state index contributed by atoms with van der Waals surface area (Å²) in [4.78, 5) is 23.7. The Labute approximate surface area is 82.1 Å². The Morgan fingerprint density at radius 2 is 2.14 bits per heavy atom. The third-order valence-electron chi connectivity index (χ3n) is 1.97. The van der Waals surface area contributed by atoms with Crippen LogP contribution in [0.1, 0.15) is 6.92 Å². The van der Waals surface area contributed by atoms with Gasteiger partial charge in [-0.2, -0.15) is 0 Å². The molecule has 1 heterocycles. The van der Waals surface area contributed by atoms with Gasteiger partial charge >= 0.3 is 11.8 Å². The molecule has 0 atom stereocenters. The second kappa shape index (κ2) is 3.93. The lowest BCUT2D eigenvalue weighted by atomic mass is 9.97. The number of hydrogen-bond donors (Lipinski definition) is 3. The minimum absolute atomic E-state index is 0.210. The van der Waals surface area contributed by atoms with Gasteiger partial charge in [-0.05, 0) is 6.92 Å². The Morgan fingerprint density at radius 1 is 1.57 bits per heavy atom. The van der Waals surface area contributed by atoms with E-state index in [9.17, 15) is 14.7 Å². The quantitative estimate of drug-likeness (QED) is 0.436. The molecule has 1 aliphatic heterocycles. The maximum atomic E-state index is 11.3. The maximum absolute atomic E-state index is 11.3. The van der Waals surface area contributed by atoms with Gasteiger partial charge in [-0.25, -0.2) is 0 Å². The number of carbonyl (C=O) groups excluding carboxylic acids is 2. The van der Waals surface area contributed by atoms with E-state index in [1.54, 1.807) is 6.92 Å². The zero-order chi connectivity index (χ0) is 10.8. The average Bonchev–Trinajstić information content (AvgIpc) is 2.08. The molecule has 1 saturated heterocycles. The molecule has 1 fully saturated rings. The van der Waals surface area contributed by atoms with Crippen molar-refractivity contribution < 1.29 is 14.7 Å². The maximum Gasteiger partial charge on any atom is 0.312 e. The number of carbonyl (C=O) groups is 2. The van der Waals surface area contributed by atoms with Crippen LogP contribution in [-0.2, 0) is 9.59 Å². The van der Waals surface area contributed by atoms with E-state index in [0.717, 1.165) is 0 Å². The summed E-state index contributed by atoms with van der Waals surface area (Å²) in [5.41, 5.74) is 4.32. The molecule has 6 heteroatoms. The molecule has 0 radical (unpaired) electrons. The molecule has 0 aliphatic carbocycles. The number of hydrogen-bond acceptors (Lipinski definition) is 4. The standard InChI is InChI=1S/C8H15N3O3/c1-8(14)4-11(5-8)7(13)6(12)10-3-2-9/h14H,2-5,9H2,1H3,(H,10,12). The predicted octanol–water partition coefficient (Wildman–Crippen LogP) is -2.35. The van der Waals surface area contributed by atoms with E-state index in [1.807, 2.05) is 0 Å². The smallest absolute Gasteiger partial charge is 0.312 e. The third-order valence-corrected chi connectivity index (χ3v) is 1.97. The third kappa shape index (κ3) is 2.43. The number of amides is 2. The van der Waals surface area contributed by atoms with Gasteiger partial charge in [-0.3, -0.25) is 9.59 Å². The molecule has 0 saturated carbocycles. The minimum Gasteiger partial charge on any atom is -0.386 e. The molecule has 0 aromatic rings. The second-order valence-electron chi connectivity index (χ2n) is 3.70. The number of rotatable bonds is 2. The van der Waals surface area contributed by atoms with Crippen LogP contribution < -0.4 is 11.1 Å². The largest absolute Gasteiger partial charge is 0.386 e. The van der Waals surface area contributed by atoms with Crippen molar-refractivity contribution >= 4 is 11.8 Å². The molecular weight excluding hydrogens is 186 g/mol. The monoisotopic (exact) mass is 201 g/mol. The van der Waals surface area contributed by atoms with Crippen molar-refractivity contribution in [2.45, 2.75) is 12.5 Å². The van der Waals surface area contributed by atoms with Crippen molar-refractivity contribution in [3.63, 3.8) is 0 Å². The molecule has 14 heavy (non-hydrogen) atoms. The summed E-state index contributed by atoms with van der Waals surface area (Å²) >= 11 is 0. The first-order valence-electron chi connectivity index (χ1n) is 4.46. The second-order valence-corrected chi connectivity index (χ2v) is 3.70. The lowest BCUT2D eigenvalue weighted by Crippen LogP contribution is -2.64. The van der Waals surface area contributed by atoms with Crippen LogP contribution in [0.3, 0.4) is 0 Å². The summed E-state index contributed by atoms with van der Waals surface area (Å²) in [7, 11) is 0. The van der Waals surface area contributed by atoms with Gasteiger partial charge in [0.05, 0.1) is 18.7 Å². The summed E-state index contributed by atoms with van der Waals surface area (Å²) in [6, 6.07) is 0. The van der Waals surface area contributed by atoms with Crippen molar-refractivity contribution in [2.24, 2.45) is 5.73 Å². The first-order chi connectivity index (χ1) is 6.46. The normalized spacial score (nSPS) is 18.6. The topological polar surface area (TPSA) is 95.7 Å². The predicted molar refractivity (Wildman–Crippen MR) is 49.3 cm³/mol. The Kier molecular flexibility index (Phi) is 3.07. The van der Waals surface area contributed by atoms with Crippen molar-refractivity contribution in [1.29, 1.82) is 0 Å². The van der Waals surface area contributed by atoms with Crippen LogP contribution in [0.4, 0.5) is 0 Å². The van der Waals surface area contributed by atoms with Crippen molar-refractivity contribution in [3.8, 4) is 0 Å². The highest BCUT2D eigenvalue weighted by Gasteiger charge is 2.41. The summed E-state index contributed by atoms with van der Waals surface area (Å²) in [5.74, 6) is -1.27. The summed E-state index contributed by atoms with van der Waals surface area (Å²) < 4.78 is 0. The van der Waals surface area contributed by atoms with Gasteiger partial charge in [0.1, 0.15) is 0 Å². The van der Waals surface area contributed by atoms with Gasteiger partial charge in [0, 0.05) is 13.1 Å². The van der Waals surface area contributed by atoms with Crippen LogP contribution in [0, 0.1) is 0 Å². The molecular formula is C8H15N3O3. The number of nitrogens with one attached hydrogen (secondary N) is 1. The molecule has 6 nitrogen and oxygen atoms in total. The lowest BCUT2D eigenvalue weighted by Gasteiger charge is -2.43. The highest BCUT2D eigenvalue weighted by molar-refractivity contribution is 6.35. The van der Waals surface area contributed by atoms with Crippen molar-refractivity contribution in [3.05, 3.63) is 0 Å². The van der Waals surface area contributed by atoms with E-state index < -0.39 is 17.4 Å². The van der Waals surface area contributed by atoms with Crippen LogP contribution in [0.25, 0.3) is 0 Å². The van der Waals surface area contributed by atoms with E-state index in [2.05, 4.69) is 5.32 Å².